The highest BCUT2D eigenvalue weighted by atomic mass is 32.1. The Morgan fingerprint density at radius 2 is 1.85 bits per heavy atom. The Kier molecular flexibility index (Phi) is 5.58. The van der Waals surface area contributed by atoms with Crippen molar-refractivity contribution >= 4 is 44.3 Å². The zero-order chi connectivity index (χ0) is 23.8. The molecule has 3 heterocycles. The molecule has 10 heteroatoms. The van der Waals surface area contributed by atoms with E-state index in [1.165, 1.54) is 34.7 Å². The van der Waals surface area contributed by atoms with E-state index in [0.717, 1.165) is 21.2 Å². The second-order valence-electron chi connectivity index (χ2n) is 8.07. The molecule has 1 N–H and O–H groups in total. The van der Waals surface area contributed by atoms with E-state index in [1.807, 2.05) is 23.6 Å². The van der Waals surface area contributed by atoms with Crippen LogP contribution in [0.25, 0.3) is 33.2 Å². The van der Waals surface area contributed by atoms with Crippen LogP contribution < -0.4 is 16.6 Å². The summed E-state index contributed by atoms with van der Waals surface area (Å²) in [6.45, 7) is 0.428. The Balaban J connectivity index is 1.23. The molecule has 0 radical (unpaired) electrons. The van der Waals surface area contributed by atoms with E-state index >= 15 is 0 Å². The van der Waals surface area contributed by atoms with Crippen LogP contribution in [-0.2, 0) is 25.4 Å². The fraction of sp³-hybridized carbons (Fsp3) is 0.208. The summed E-state index contributed by atoms with van der Waals surface area (Å²) in [6, 6.07) is 14.3. The number of nitrogens with one attached hydrogen (secondary N) is 1. The van der Waals surface area contributed by atoms with Crippen LogP contribution in [-0.4, -0.2) is 29.6 Å². The molecule has 0 saturated carbocycles. The lowest BCUT2D eigenvalue weighted by Crippen LogP contribution is -2.37. The first-order valence-corrected chi connectivity index (χ1v) is 11.7. The minimum atomic E-state index is -0.423. The molecule has 0 aliphatic rings. The first kappa shape index (κ1) is 21.8. The highest BCUT2D eigenvalue weighted by molar-refractivity contribution is 7.14. The summed E-state index contributed by atoms with van der Waals surface area (Å²) in [5, 5.41) is 7.64. The standard InChI is InChI=1S/C24H22N6O3S/c1-28-21-20(22(32)29(2)24(28)33)30(14-25-21)11-5-8-19(31)27-23-26-18(13-34-23)17-10-9-15-6-3-4-7-16(15)12-17/h3-4,6-7,9-10,12-14H,5,8,11H2,1-2H3,(H,26,27,31). The van der Waals surface area contributed by atoms with Crippen LogP contribution >= 0.6 is 11.3 Å². The van der Waals surface area contributed by atoms with Crippen LogP contribution in [0.1, 0.15) is 12.8 Å². The zero-order valence-corrected chi connectivity index (χ0v) is 19.5. The molecule has 3 aromatic heterocycles. The zero-order valence-electron chi connectivity index (χ0n) is 18.7. The van der Waals surface area contributed by atoms with Crippen molar-refractivity contribution in [2.45, 2.75) is 19.4 Å². The summed E-state index contributed by atoms with van der Waals surface area (Å²) in [7, 11) is 3.02. The Morgan fingerprint density at radius 1 is 1.06 bits per heavy atom. The van der Waals surface area contributed by atoms with E-state index < -0.39 is 11.2 Å². The van der Waals surface area contributed by atoms with E-state index in [9.17, 15) is 14.4 Å². The number of amides is 1. The van der Waals surface area contributed by atoms with Crippen LogP contribution in [0.2, 0.25) is 0 Å². The van der Waals surface area contributed by atoms with Gasteiger partial charge in [0.15, 0.2) is 16.3 Å². The second kappa shape index (κ2) is 8.71. The van der Waals surface area contributed by atoms with E-state index in [-0.39, 0.29) is 12.3 Å². The fourth-order valence-electron chi connectivity index (χ4n) is 3.97. The number of hydrogen-bond donors (Lipinski definition) is 1. The average molecular weight is 475 g/mol. The molecule has 2 aromatic carbocycles. The number of carbonyl (C=O) groups excluding carboxylic acids is 1. The Labute approximate surface area is 197 Å². The highest BCUT2D eigenvalue weighted by Crippen LogP contribution is 2.27. The number of nitrogens with zero attached hydrogens (tertiary/aromatic N) is 5. The summed E-state index contributed by atoms with van der Waals surface area (Å²) >= 11 is 1.38. The van der Waals surface area contributed by atoms with Gasteiger partial charge in [0, 0.05) is 38.0 Å². The third-order valence-electron chi connectivity index (χ3n) is 5.82. The molecule has 0 aliphatic carbocycles. The minimum Gasteiger partial charge on any atom is -0.325 e. The molecule has 0 atom stereocenters. The van der Waals surface area contributed by atoms with Crippen LogP contribution in [0.3, 0.4) is 0 Å². The molecule has 9 nitrogen and oxygen atoms in total. The maximum atomic E-state index is 12.5. The summed E-state index contributed by atoms with van der Waals surface area (Å²) in [4.78, 5) is 45.8. The van der Waals surface area contributed by atoms with Crippen molar-refractivity contribution in [1.29, 1.82) is 0 Å². The summed E-state index contributed by atoms with van der Waals surface area (Å²) in [5.74, 6) is -0.149. The van der Waals surface area contributed by atoms with Gasteiger partial charge in [0.2, 0.25) is 5.91 Å². The van der Waals surface area contributed by atoms with Gasteiger partial charge in [-0.15, -0.1) is 11.3 Å². The topological polar surface area (TPSA) is 104 Å². The van der Waals surface area contributed by atoms with Gasteiger partial charge in [0.05, 0.1) is 12.0 Å². The normalized spacial score (nSPS) is 11.4. The van der Waals surface area contributed by atoms with Crippen LogP contribution in [0.15, 0.2) is 63.8 Å². The number of imidazole rings is 1. The van der Waals surface area contributed by atoms with Gasteiger partial charge in [-0.1, -0.05) is 36.4 Å². The van der Waals surface area contributed by atoms with Crippen molar-refractivity contribution in [2.24, 2.45) is 14.1 Å². The third-order valence-corrected chi connectivity index (χ3v) is 6.57. The number of benzene rings is 2. The van der Waals surface area contributed by atoms with Gasteiger partial charge in [0.1, 0.15) is 0 Å². The maximum Gasteiger partial charge on any atom is 0.332 e. The fourth-order valence-corrected chi connectivity index (χ4v) is 4.71. The molecule has 5 aromatic rings. The van der Waals surface area contributed by atoms with Gasteiger partial charge in [-0.05, 0) is 23.3 Å². The van der Waals surface area contributed by atoms with Crippen molar-refractivity contribution in [3.63, 3.8) is 0 Å². The van der Waals surface area contributed by atoms with E-state index in [1.54, 1.807) is 11.6 Å². The SMILES string of the molecule is Cn1c(=O)c2c(ncn2CCCC(=O)Nc2nc(-c3ccc4ccccc4c3)cs2)n(C)c1=O. The number of carbonyl (C=O) groups is 1. The van der Waals surface area contributed by atoms with E-state index in [2.05, 4.69) is 39.6 Å². The molecular formula is C24H22N6O3S. The summed E-state index contributed by atoms with van der Waals surface area (Å²) in [5.41, 5.74) is 1.68. The number of fused-ring (bicyclic) bond motifs is 2. The number of hydrogen-bond acceptors (Lipinski definition) is 6. The molecule has 0 saturated heterocycles. The molecule has 0 fully saturated rings. The smallest absolute Gasteiger partial charge is 0.325 e. The Bertz CT molecular complexity index is 1660. The van der Waals surface area contributed by atoms with Gasteiger partial charge >= 0.3 is 5.69 Å². The average Bonchev–Trinajstić information content (AvgIpc) is 3.48. The Hall–Kier alpha value is -4.05. The van der Waals surface area contributed by atoms with Gasteiger partial charge in [0.25, 0.3) is 5.56 Å². The third kappa shape index (κ3) is 3.92. The number of aryl methyl sites for hydroxylation is 2. The largest absolute Gasteiger partial charge is 0.332 e. The molecule has 0 spiro atoms. The monoisotopic (exact) mass is 474 g/mol. The van der Waals surface area contributed by atoms with Crippen molar-refractivity contribution in [3.05, 3.63) is 75.0 Å². The molecule has 0 bridgehead atoms. The lowest BCUT2D eigenvalue weighted by molar-refractivity contribution is -0.116. The van der Waals surface area contributed by atoms with E-state index in [4.69, 9.17) is 0 Å². The van der Waals surface area contributed by atoms with Crippen molar-refractivity contribution in [3.8, 4) is 11.3 Å². The molecular weight excluding hydrogens is 452 g/mol. The van der Waals surface area contributed by atoms with Crippen LogP contribution in [0.5, 0.6) is 0 Å². The first-order valence-electron chi connectivity index (χ1n) is 10.8. The maximum absolute atomic E-state index is 12.5. The predicted molar refractivity (Wildman–Crippen MR) is 133 cm³/mol. The number of rotatable bonds is 6. The number of aromatic nitrogens is 5. The quantitative estimate of drug-likeness (QED) is 0.407. The lowest BCUT2D eigenvalue weighted by Gasteiger charge is -2.06. The van der Waals surface area contributed by atoms with Gasteiger partial charge in [-0.25, -0.2) is 14.8 Å². The number of thiazole rings is 1. The van der Waals surface area contributed by atoms with Gasteiger partial charge in [-0.2, -0.15) is 0 Å². The van der Waals surface area contributed by atoms with Crippen LogP contribution in [0.4, 0.5) is 5.13 Å². The molecule has 172 valence electrons. The van der Waals surface area contributed by atoms with Gasteiger partial charge in [-0.3, -0.25) is 18.7 Å². The second-order valence-corrected chi connectivity index (χ2v) is 8.93. The van der Waals surface area contributed by atoms with Crippen LogP contribution in [0, 0.1) is 0 Å². The molecule has 0 unspecified atom stereocenters. The first-order chi connectivity index (χ1) is 16.4. The Morgan fingerprint density at radius 3 is 2.68 bits per heavy atom. The van der Waals surface area contributed by atoms with Crippen molar-refractivity contribution in [1.82, 2.24) is 23.7 Å². The molecule has 1 amide bonds. The van der Waals surface area contributed by atoms with Gasteiger partial charge < -0.3 is 9.88 Å². The predicted octanol–water partition coefficient (Wildman–Crippen LogP) is 3.13. The number of anilines is 1. The lowest BCUT2D eigenvalue weighted by atomic mass is 10.1. The van der Waals surface area contributed by atoms with Crippen molar-refractivity contribution < 1.29 is 4.79 Å². The van der Waals surface area contributed by atoms with E-state index in [0.29, 0.717) is 29.3 Å². The minimum absolute atomic E-state index is 0.149. The highest BCUT2D eigenvalue weighted by Gasteiger charge is 2.15. The summed E-state index contributed by atoms with van der Waals surface area (Å²) < 4.78 is 4.09. The molecule has 34 heavy (non-hydrogen) atoms. The molecule has 5 rings (SSSR count). The molecule has 0 aliphatic heterocycles. The van der Waals surface area contributed by atoms with Crippen molar-refractivity contribution in [2.75, 3.05) is 5.32 Å². The summed E-state index contributed by atoms with van der Waals surface area (Å²) in [6.07, 6.45) is 2.29.